The first-order chi connectivity index (χ1) is 17.7. The molecule has 0 aromatic heterocycles. The fourth-order valence-corrected chi connectivity index (χ4v) is 4.61. The number of rotatable bonds is 14. The highest BCUT2D eigenvalue weighted by atomic mass is 16.5. The van der Waals surface area contributed by atoms with Crippen LogP contribution < -0.4 is 10.2 Å². The lowest BCUT2D eigenvalue weighted by atomic mass is 9.96. The molecule has 194 valence electrons. The van der Waals surface area contributed by atoms with Crippen LogP contribution in [0.5, 0.6) is 0 Å². The second kappa shape index (κ2) is 15.2. The van der Waals surface area contributed by atoms with Gasteiger partial charge in [-0.2, -0.15) is 5.26 Å². The van der Waals surface area contributed by atoms with Crippen molar-refractivity contribution in [1.82, 2.24) is 5.32 Å². The van der Waals surface area contributed by atoms with Crippen LogP contribution in [0.25, 0.3) is 16.8 Å². The van der Waals surface area contributed by atoms with Crippen molar-refractivity contribution in [3.63, 3.8) is 0 Å². The highest BCUT2D eigenvalue weighted by Gasteiger charge is 2.22. The Balaban J connectivity index is 1.56. The summed E-state index contributed by atoms with van der Waals surface area (Å²) in [6, 6.07) is 15.3. The number of benzene rings is 2. The smallest absolute Gasteiger partial charge is 0.262 e. The first kappa shape index (κ1) is 27.7. The summed E-state index contributed by atoms with van der Waals surface area (Å²) in [6.45, 7) is 6.05. The molecule has 1 fully saturated rings. The molecule has 0 radical (unpaired) electrons. The van der Waals surface area contributed by atoms with Crippen molar-refractivity contribution in [2.75, 3.05) is 58.1 Å². The molecule has 1 amide bonds. The van der Waals surface area contributed by atoms with E-state index in [1.165, 1.54) is 37.8 Å². The van der Waals surface area contributed by atoms with Crippen LogP contribution in [0.1, 0.15) is 44.6 Å². The molecule has 1 aliphatic heterocycles. The average molecular weight is 494 g/mol. The molecule has 0 saturated carbocycles. The standard InChI is InChI=1S/C29H39N3O4/c1-3-6-27-7-4-5-13-32(27)28-11-10-24-19-23(8-9-25(24)21-28)20-26(22-30)29(33)31-12-14-35-17-18-36-16-15-34-2/h8-11,19-21,27H,3-7,12-18H2,1-2H3,(H,31,33)/b26-20+. The van der Waals surface area contributed by atoms with E-state index in [2.05, 4.69) is 41.4 Å². The molecule has 3 rings (SSSR count). The predicted octanol–water partition coefficient (Wildman–Crippen LogP) is 4.70. The normalized spacial score (nSPS) is 16.2. The summed E-state index contributed by atoms with van der Waals surface area (Å²) in [5.74, 6) is -0.403. The zero-order valence-corrected chi connectivity index (χ0v) is 21.6. The molecule has 0 spiro atoms. The minimum atomic E-state index is -0.403. The number of nitrogens with zero attached hydrogens (tertiary/aromatic N) is 2. The van der Waals surface area contributed by atoms with Crippen molar-refractivity contribution in [3.05, 3.63) is 47.5 Å². The number of nitriles is 1. The minimum Gasteiger partial charge on any atom is -0.382 e. The van der Waals surface area contributed by atoms with Gasteiger partial charge in [0.05, 0.1) is 33.0 Å². The van der Waals surface area contributed by atoms with Crippen LogP contribution in [0, 0.1) is 11.3 Å². The van der Waals surface area contributed by atoms with Gasteiger partial charge in [-0.1, -0.05) is 31.5 Å². The average Bonchev–Trinajstić information content (AvgIpc) is 2.91. The van der Waals surface area contributed by atoms with Gasteiger partial charge >= 0.3 is 0 Å². The van der Waals surface area contributed by atoms with Crippen molar-refractivity contribution in [2.45, 2.75) is 45.1 Å². The van der Waals surface area contributed by atoms with Crippen LogP contribution in [-0.2, 0) is 19.0 Å². The topological polar surface area (TPSA) is 83.8 Å². The number of fused-ring (bicyclic) bond motifs is 1. The number of carbonyl (C=O) groups is 1. The largest absolute Gasteiger partial charge is 0.382 e. The van der Waals surface area contributed by atoms with E-state index in [0.717, 1.165) is 22.9 Å². The van der Waals surface area contributed by atoms with Crippen molar-refractivity contribution in [2.24, 2.45) is 0 Å². The van der Waals surface area contributed by atoms with Crippen LogP contribution in [0.15, 0.2) is 42.0 Å². The van der Waals surface area contributed by atoms with Crippen molar-refractivity contribution >= 4 is 28.4 Å². The van der Waals surface area contributed by atoms with E-state index < -0.39 is 5.91 Å². The van der Waals surface area contributed by atoms with E-state index in [0.29, 0.717) is 45.6 Å². The summed E-state index contributed by atoms with van der Waals surface area (Å²) >= 11 is 0. The first-order valence-electron chi connectivity index (χ1n) is 13.0. The molecule has 1 unspecified atom stereocenters. The number of hydrogen-bond donors (Lipinski definition) is 1. The van der Waals surface area contributed by atoms with Crippen LogP contribution in [0.4, 0.5) is 5.69 Å². The molecule has 0 aliphatic carbocycles. The minimum absolute atomic E-state index is 0.0737. The maximum atomic E-state index is 12.5. The monoisotopic (exact) mass is 493 g/mol. The van der Waals surface area contributed by atoms with Gasteiger partial charge in [0.2, 0.25) is 0 Å². The van der Waals surface area contributed by atoms with E-state index in [-0.39, 0.29) is 5.57 Å². The predicted molar refractivity (Wildman–Crippen MR) is 144 cm³/mol. The van der Waals surface area contributed by atoms with E-state index in [1.807, 2.05) is 18.2 Å². The Bertz CT molecular complexity index is 1040. The quantitative estimate of drug-likeness (QED) is 0.233. The lowest BCUT2D eigenvalue weighted by Crippen LogP contribution is -2.39. The number of ether oxygens (including phenoxy) is 3. The second-order valence-corrected chi connectivity index (χ2v) is 9.07. The highest BCUT2D eigenvalue weighted by Crippen LogP contribution is 2.30. The first-order valence-corrected chi connectivity index (χ1v) is 13.0. The van der Waals surface area contributed by atoms with Gasteiger partial charge in [-0.3, -0.25) is 4.79 Å². The Morgan fingerprint density at radius 1 is 1.08 bits per heavy atom. The van der Waals surface area contributed by atoms with Gasteiger partial charge in [-0.05, 0) is 66.3 Å². The number of anilines is 1. The Labute approximate surface area is 215 Å². The highest BCUT2D eigenvalue weighted by molar-refractivity contribution is 6.02. The third kappa shape index (κ3) is 8.34. The van der Waals surface area contributed by atoms with E-state index >= 15 is 0 Å². The van der Waals surface area contributed by atoms with Gasteiger partial charge in [0.15, 0.2) is 0 Å². The van der Waals surface area contributed by atoms with Gasteiger partial charge in [0.1, 0.15) is 11.6 Å². The molecular formula is C29H39N3O4. The number of amides is 1. The zero-order valence-electron chi connectivity index (χ0n) is 21.6. The number of nitrogens with one attached hydrogen (secondary N) is 1. The maximum Gasteiger partial charge on any atom is 0.262 e. The van der Waals surface area contributed by atoms with Crippen LogP contribution >= 0.6 is 0 Å². The summed E-state index contributed by atoms with van der Waals surface area (Å²) in [7, 11) is 1.63. The Morgan fingerprint density at radius 3 is 2.61 bits per heavy atom. The maximum absolute atomic E-state index is 12.5. The van der Waals surface area contributed by atoms with E-state index in [9.17, 15) is 10.1 Å². The van der Waals surface area contributed by atoms with Crippen molar-refractivity contribution in [1.29, 1.82) is 5.26 Å². The van der Waals surface area contributed by atoms with E-state index in [4.69, 9.17) is 14.2 Å². The molecule has 7 nitrogen and oxygen atoms in total. The molecule has 2 aromatic rings. The summed E-state index contributed by atoms with van der Waals surface area (Å²) in [4.78, 5) is 15.0. The summed E-state index contributed by atoms with van der Waals surface area (Å²) in [5, 5.41) is 14.5. The van der Waals surface area contributed by atoms with Crippen molar-refractivity contribution < 1.29 is 19.0 Å². The van der Waals surface area contributed by atoms with Gasteiger partial charge in [-0.15, -0.1) is 0 Å². The van der Waals surface area contributed by atoms with Crippen LogP contribution in [-0.4, -0.2) is 65.2 Å². The molecule has 1 aliphatic rings. The van der Waals surface area contributed by atoms with Gasteiger partial charge < -0.3 is 24.4 Å². The van der Waals surface area contributed by atoms with Crippen LogP contribution in [0.2, 0.25) is 0 Å². The number of methoxy groups -OCH3 is 1. The summed E-state index contributed by atoms with van der Waals surface area (Å²) in [6.07, 6.45) is 7.90. The fraction of sp³-hybridized carbons (Fsp3) is 0.517. The van der Waals surface area contributed by atoms with Gasteiger partial charge in [0, 0.05) is 31.9 Å². The molecule has 7 heteroatoms. The number of carbonyl (C=O) groups excluding carboxylic acids is 1. The SMILES string of the molecule is CCCC1CCCCN1c1ccc2cc(/C=C(\C#N)C(=O)NCCOCCOCCOC)ccc2c1. The molecular weight excluding hydrogens is 454 g/mol. The Morgan fingerprint density at radius 2 is 1.83 bits per heavy atom. The Hall–Kier alpha value is -2.92. The Kier molecular flexibility index (Phi) is 11.7. The van der Waals surface area contributed by atoms with Gasteiger partial charge in [0.25, 0.3) is 5.91 Å². The molecule has 0 bridgehead atoms. The number of piperidine rings is 1. The summed E-state index contributed by atoms with van der Waals surface area (Å²) in [5.41, 5.74) is 2.18. The zero-order chi connectivity index (χ0) is 25.6. The van der Waals surface area contributed by atoms with E-state index in [1.54, 1.807) is 13.2 Å². The number of hydrogen-bond acceptors (Lipinski definition) is 6. The second-order valence-electron chi connectivity index (χ2n) is 9.07. The summed E-state index contributed by atoms with van der Waals surface area (Å²) < 4.78 is 15.6. The fourth-order valence-electron chi connectivity index (χ4n) is 4.61. The molecule has 36 heavy (non-hydrogen) atoms. The van der Waals surface area contributed by atoms with Crippen molar-refractivity contribution in [3.8, 4) is 6.07 Å². The lowest BCUT2D eigenvalue weighted by molar-refractivity contribution is -0.117. The molecule has 1 atom stereocenters. The van der Waals surface area contributed by atoms with Crippen LogP contribution in [0.3, 0.4) is 0 Å². The lowest BCUT2D eigenvalue weighted by Gasteiger charge is -2.37. The molecule has 1 saturated heterocycles. The third-order valence-corrected chi connectivity index (χ3v) is 6.44. The third-order valence-electron chi connectivity index (χ3n) is 6.44. The molecule has 1 heterocycles. The van der Waals surface area contributed by atoms with Gasteiger partial charge in [-0.25, -0.2) is 0 Å². The molecule has 2 aromatic carbocycles. The molecule has 1 N–H and O–H groups in total.